The second kappa shape index (κ2) is 9.78. The number of rotatable bonds is 7. The molecular weight excluding hydrogens is 554 g/mol. The summed E-state index contributed by atoms with van der Waals surface area (Å²) in [4.78, 5) is -1.36. The molecule has 202 valence electrons. The first-order chi connectivity index (χ1) is 16.1. The third kappa shape index (κ3) is 8.56. The largest absolute Gasteiger partial charge is 0.484 e. The third-order valence-electron chi connectivity index (χ3n) is 3.84. The number of anilines is 1. The maximum atomic E-state index is 13.0. The Labute approximate surface area is 193 Å². The second-order valence-electron chi connectivity index (χ2n) is 6.82. The van der Waals surface area contributed by atoms with Crippen molar-refractivity contribution >= 4 is 15.7 Å². The molecule has 1 N–H and O–H groups in total. The summed E-state index contributed by atoms with van der Waals surface area (Å²) in [6.07, 6.45) is -20.7. The molecule has 0 spiro atoms. The van der Waals surface area contributed by atoms with Gasteiger partial charge >= 0.3 is 24.7 Å². The summed E-state index contributed by atoms with van der Waals surface area (Å²) in [5.41, 5.74) is -5.16. The van der Waals surface area contributed by atoms with Crippen LogP contribution in [0.3, 0.4) is 0 Å². The highest BCUT2D eigenvalue weighted by atomic mass is 32.2. The SMILES string of the molecule is O=S(=O)(Nc1cc(C(F)(F)F)cc(C(F)(F)F)c1)c1cc(OCC(F)(F)F)ccc1OCC(F)(F)F. The molecule has 0 aliphatic carbocycles. The van der Waals surface area contributed by atoms with E-state index in [9.17, 15) is 61.1 Å². The van der Waals surface area contributed by atoms with Gasteiger partial charge in [-0.15, -0.1) is 0 Å². The second-order valence-corrected chi connectivity index (χ2v) is 8.47. The summed E-state index contributed by atoms with van der Waals surface area (Å²) in [6.45, 7) is -4.06. The summed E-state index contributed by atoms with van der Waals surface area (Å²) >= 11 is 0. The van der Waals surface area contributed by atoms with E-state index in [1.54, 1.807) is 0 Å². The maximum absolute atomic E-state index is 13.0. The summed E-state index contributed by atoms with van der Waals surface area (Å²) < 4.78 is 188. The molecule has 0 heterocycles. The van der Waals surface area contributed by atoms with Gasteiger partial charge in [-0.2, -0.15) is 52.7 Å². The zero-order chi connectivity index (χ0) is 27.7. The van der Waals surface area contributed by atoms with Crippen LogP contribution in [-0.2, 0) is 22.4 Å². The predicted molar refractivity (Wildman–Crippen MR) is 96.8 cm³/mol. The molecule has 5 nitrogen and oxygen atoms in total. The van der Waals surface area contributed by atoms with Crippen LogP contribution in [0.4, 0.5) is 58.4 Å². The van der Waals surface area contributed by atoms with Gasteiger partial charge < -0.3 is 9.47 Å². The minimum atomic E-state index is -5.37. The molecule has 36 heavy (non-hydrogen) atoms. The highest BCUT2D eigenvalue weighted by molar-refractivity contribution is 7.92. The summed E-state index contributed by atoms with van der Waals surface area (Å²) in [7, 11) is -5.35. The van der Waals surface area contributed by atoms with Gasteiger partial charge in [-0.25, -0.2) is 8.42 Å². The normalized spacial score (nSPS) is 13.4. The molecule has 0 aliphatic rings. The summed E-state index contributed by atoms with van der Waals surface area (Å²) in [5.74, 6) is -2.01. The molecule has 2 aromatic rings. The van der Waals surface area contributed by atoms with E-state index in [1.807, 2.05) is 0 Å². The number of halogens is 12. The van der Waals surface area contributed by atoms with Crippen molar-refractivity contribution in [1.29, 1.82) is 0 Å². The van der Waals surface area contributed by atoms with Gasteiger partial charge in [0, 0.05) is 6.07 Å². The van der Waals surface area contributed by atoms with Gasteiger partial charge in [0.15, 0.2) is 13.2 Å². The molecule has 0 atom stereocenters. The fraction of sp³-hybridized carbons (Fsp3) is 0.333. The summed E-state index contributed by atoms with van der Waals surface area (Å²) in [5, 5.41) is 0. The van der Waals surface area contributed by atoms with Crippen LogP contribution in [0.25, 0.3) is 0 Å². The Morgan fingerprint density at radius 3 is 1.58 bits per heavy atom. The Morgan fingerprint density at radius 1 is 0.667 bits per heavy atom. The van der Waals surface area contributed by atoms with Crippen LogP contribution in [0, 0.1) is 0 Å². The number of ether oxygens (including phenoxy) is 2. The number of hydrogen-bond donors (Lipinski definition) is 1. The van der Waals surface area contributed by atoms with E-state index in [4.69, 9.17) is 0 Å². The van der Waals surface area contributed by atoms with E-state index >= 15 is 0 Å². The molecule has 0 saturated carbocycles. The van der Waals surface area contributed by atoms with Crippen molar-refractivity contribution in [3.63, 3.8) is 0 Å². The Balaban J connectivity index is 2.57. The fourth-order valence-corrected chi connectivity index (χ4v) is 3.66. The Hall–Kier alpha value is -3.05. The first-order valence-electron chi connectivity index (χ1n) is 8.92. The zero-order valence-corrected chi connectivity index (χ0v) is 17.8. The van der Waals surface area contributed by atoms with Gasteiger partial charge in [0.1, 0.15) is 16.4 Å². The lowest BCUT2D eigenvalue weighted by Crippen LogP contribution is -2.22. The van der Waals surface area contributed by atoms with E-state index in [-0.39, 0.29) is 24.3 Å². The van der Waals surface area contributed by atoms with E-state index in [2.05, 4.69) is 9.47 Å². The molecule has 0 amide bonds. The van der Waals surface area contributed by atoms with Crippen LogP contribution in [0.15, 0.2) is 41.3 Å². The quantitative estimate of drug-likeness (QED) is 0.395. The van der Waals surface area contributed by atoms with Gasteiger partial charge in [-0.1, -0.05) is 0 Å². The highest BCUT2D eigenvalue weighted by Gasteiger charge is 2.38. The average molecular weight is 565 g/mol. The smallest absolute Gasteiger partial charge is 0.422 e. The number of sulfonamides is 1. The Bertz CT molecular complexity index is 1150. The van der Waals surface area contributed by atoms with Gasteiger partial charge in [-0.05, 0) is 30.3 Å². The minimum absolute atomic E-state index is 0.0347. The van der Waals surface area contributed by atoms with E-state index < -0.39 is 81.2 Å². The molecule has 0 radical (unpaired) electrons. The molecular formula is C18H11F12NO4S. The predicted octanol–water partition coefficient (Wildman–Crippen LogP) is 6.41. The van der Waals surface area contributed by atoms with Crippen molar-refractivity contribution in [2.24, 2.45) is 0 Å². The van der Waals surface area contributed by atoms with E-state index in [1.165, 1.54) is 4.72 Å². The molecule has 0 unspecified atom stereocenters. The van der Waals surface area contributed by atoms with Crippen LogP contribution in [0.5, 0.6) is 11.5 Å². The summed E-state index contributed by atoms with van der Waals surface area (Å²) in [6, 6.07) is 0.918. The number of nitrogens with one attached hydrogen (secondary N) is 1. The molecule has 0 aromatic heterocycles. The van der Waals surface area contributed by atoms with Crippen molar-refractivity contribution < 1.29 is 70.6 Å². The van der Waals surface area contributed by atoms with E-state index in [0.717, 1.165) is 0 Å². The Morgan fingerprint density at radius 2 is 1.14 bits per heavy atom. The molecule has 0 bridgehead atoms. The molecule has 0 saturated heterocycles. The highest BCUT2D eigenvalue weighted by Crippen LogP contribution is 2.39. The first-order valence-corrected chi connectivity index (χ1v) is 10.4. The van der Waals surface area contributed by atoms with E-state index in [0.29, 0.717) is 12.1 Å². The lowest BCUT2D eigenvalue weighted by atomic mass is 10.1. The third-order valence-corrected chi connectivity index (χ3v) is 5.24. The number of hydrogen-bond acceptors (Lipinski definition) is 4. The van der Waals surface area contributed by atoms with Crippen LogP contribution >= 0.6 is 0 Å². The average Bonchev–Trinajstić information content (AvgIpc) is 2.68. The fourth-order valence-electron chi connectivity index (χ4n) is 2.46. The van der Waals surface area contributed by atoms with Crippen molar-refractivity contribution in [2.75, 3.05) is 17.9 Å². The van der Waals surface area contributed by atoms with Crippen molar-refractivity contribution in [1.82, 2.24) is 0 Å². The van der Waals surface area contributed by atoms with Gasteiger partial charge in [0.25, 0.3) is 10.0 Å². The van der Waals surface area contributed by atoms with Crippen molar-refractivity contribution in [3.05, 3.63) is 47.5 Å². The Kier molecular flexibility index (Phi) is 7.93. The first kappa shape index (κ1) is 29.2. The number of alkyl halides is 12. The van der Waals surface area contributed by atoms with Crippen LogP contribution < -0.4 is 14.2 Å². The lowest BCUT2D eigenvalue weighted by molar-refractivity contribution is -0.154. The van der Waals surface area contributed by atoms with Crippen LogP contribution in [-0.4, -0.2) is 34.0 Å². The van der Waals surface area contributed by atoms with Crippen LogP contribution in [0.1, 0.15) is 11.1 Å². The standard InChI is InChI=1S/C18H11F12NO4S/c19-15(20,21)7-34-12-1-2-13(35-8-16(22,23)24)14(6-12)36(32,33)31-11-4-9(17(25,26)27)3-10(5-11)18(28,29)30/h1-6,31H,7-8H2. The monoisotopic (exact) mass is 565 g/mol. The van der Waals surface area contributed by atoms with Crippen molar-refractivity contribution in [3.8, 4) is 11.5 Å². The van der Waals surface area contributed by atoms with Gasteiger partial charge in [0.2, 0.25) is 0 Å². The van der Waals surface area contributed by atoms with Crippen LogP contribution in [0.2, 0.25) is 0 Å². The topological polar surface area (TPSA) is 64.6 Å². The molecule has 2 rings (SSSR count). The molecule has 2 aromatic carbocycles. The molecule has 0 fully saturated rings. The molecule has 0 aliphatic heterocycles. The zero-order valence-electron chi connectivity index (χ0n) is 17.0. The minimum Gasteiger partial charge on any atom is -0.484 e. The maximum Gasteiger partial charge on any atom is 0.422 e. The molecule has 18 heteroatoms. The number of benzene rings is 2. The lowest BCUT2D eigenvalue weighted by Gasteiger charge is -2.18. The van der Waals surface area contributed by atoms with Gasteiger partial charge in [0.05, 0.1) is 16.8 Å². The van der Waals surface area contributed by atoms with Crippen molar-refractivity contribution in [2.45, 2.75) is 29.6 Å². The van der Waals surface area contributed by atoms with Gasteiger partial charge in [-0.3, -0.25) is 4.72 Å².